The van der Waals surface area contributed by atoms with Crippen LogP contribution in [0.3, 0.4) is 0 Å². The minimum absolute atomic E-state index is 0.0116. The van der Waals surface area contributed by atoms with Crippen molar-refractivity contribution < 1.29 is 4.79 Å². The van der Waals surface area contributed by atoms with Gasteiger partial charge in [0.2, 0.25) is 5.91 Å². The Morgan fingerprint density at radius 2 is 1.60 bits per heavy atom. The van der Waals surface area contributed by atoms with Crippen molar-refractivity contribution in [3.8, 4) is 0 Å². The zero-order chi connectivity index (χ0) is 12.3. The molecule has 0 aromatic carbocycles. The predicted molar refractivity (Wildman–Crippen MR) is 64.8 cm³/mol. The van der Waals surface area contributed by atoms with Crippen molar-refractivity contribution >= 4 is 5.91 Å². The minimum Gasteiger partial charge on any atom is -0.352 e. The SMILES string of the molecule is CC(NC(=O)CNC(C)(C)C)C(C)(C)C. The van der Waals surface area contributed by atoms with E-state index in [0.717, 1.165) is 0 Å². The monoisotopic (exact) mass is 214 g/mol. The second-order valence-electron chi connectivity index (χ2n) is 6.26. The van der Waals surface area contributed by atoms with Crippen molar-refractivity contribution in [3.63, 3.8) is 0 Å². The van der Waals surface area contributed by atoms with Crippen molar-refractivity contribution in [1.82, 2.24) is 10.6 Å². The molecule has 0 saturated carbocycles. The van der Waals surface area contributed by atoms with Crippen LogP contribution in [0.15, 0.2) is 0 Å². The highest BCUT2D eigenvalue weighted by atomic mass is 16.2. The lowest BCUT2D eigenvalue weighted by atomic mass is 9.88. The van der Waals surface area contributed by atoms with Crippen LogP contribution in [0, 0.1) is 5.41 Å². The third-order valence-corrected chi connectivity index (χ3v) is 2.46. The number of nitrogens with one attached hydrogen (secondary N) is 2. The topological polar surface area (TPSA) is 41.1 Å². The third-order valence-electron chi connectivity index (χ3n) is 2.46. The second-order valence-corrected chi connectivity index (χ2v) is 6.26. The van der Waals surface area contributed by atoms with Gasteiger partial charge in [0.25, 0.3) is 0 Å². The summed E-state index contributed by atoms with van der Waals surface area (Å²) in [7, 11) is 0. The lowest BCUT2D eigenvalue weighted by molar-refractivity contribution is -0.121. The van der Waals surface area contributed by atoms with Crippen LogP contribution in [0.25, 0.3) is 0 Å². The van der Waals surface area contributed by atoms with Gasteiger partial charge in [-0.3, -0.25) is 4.79 Å². The first-order valence-electron chi connectivity index (χ1n) is 5.57. The highest BCUT2D eigenvalue weighted by Crippen LogP contribution is 2.18. The van der Waals surface area contributed by atoms with Gasteiger partial charge < -0.3 is 10.6 Å². The Labute approximate surface area is 94.0 Å². The smallest absolute Gasteiger partial charge is 0.234 e. The second kappa shape index (κ2) is 4.97. The molecule has 0 fully saturated rings. The molecule has 0 saturated heterocycles. The van der Waals surface area contributed by atoms with E-state index in [4.69, 9.17) is 0 Å². The minimum atomic E-state index is -0.0116. The Balaban J connectivity index is 3.96. The first-order chi connectivity index (χ1) is 6.52. The van der Waals surface area contributed by atoms with Gasteiger partial charge in [-0.25, -0.2) is 0 Å². The summed E-state index contributed by atoms with van der Waals surface area (Å²) in [5, 5.41) is 6.16. The molecule has 0 rings (SSSR count). The quantitative estimate of drug-likeness (QED) is 0.753. The van der Waals surface area contributed by atoms with Gasteiger partial charge in [0, 0.05) is 11.6 Å². The fraction of sp³-hybridized carbons (Fsp3) is 0.917. The average Bonchev–Trinajstić information content (AvgIpc) is 1.97. The van der Waals surface area contributed by atoms with Crippen molar-refractivity contribution in [3.05, 3.63) is 0 Å². The number of carbonyl (C=O) groups excluding carboxylic acids is 1. The van der Waals surface area contributed by atoms with Gasteiger partial charge in [-0.1, -0.05) is 20.8 Å². The lowest BCUT2D eigenvalue weighted by Gasteiger charge is -2.29. The van der Waals surface area contributed by atoms with Crippen LogP contribution in [0.5, 0.6) is 0 Å². The summed E-state index contributed by atoms with van der Waals surface area (Å²) >= 11 is 0. The van der Waals surface area contributed by atoms with E-state index in [2.05, 4.69) is 31.4 Å². The zero-order valence-electron chi connectivity index (χ0n) is 11.2. The van der Waals surface area contributed by atoms with Crippen LogP contribution in [-0.4, -0.2) is 24.0 Å². The number of hydrogen-bond acceptors (Lipinski definition) is 2. The van der Waals surface area contributed by atoms with Crippen molar-refractivity contribution in [2.24, 2.45) is 5.41 Å². The van der Waals surface area contributed by atoms with Crippen LogP contribution < -0.4 is 10.6 Å². The molecule has 1 amide bonds. The molecule has 1 atom stereocenters. The summed E-state index contributed by atoms with van der Waals surface area (Å²) in [6, 6.07) is 0.187. The highest BCUT2D eigenvalue weighted by Gasteiger charge is 2.21. The van der Waals surface area contributed by atoms with Gasteiger partial charge in [0.05, 0.1) is 6.54 Å². The predicted octanol–water partition coefficient (Wildman–Crippen LogP) is 1.93. The van der Waals surface area contributed by atoms with Gasteiger partial charge in [0.15, 0.2) is 0 Å². The Kier molecular flexibility index (Phi) is 4.78. The van der Waals surface area contributed by atoms with Gasteiger partial charge >= 0.3 is 0 Å². The standard InChI is InChI=1S/C12H26N2O/c1-9(11(2,3)4)14-10(15)8-13-12(5,6)7/h9,13H,8H2,1-7H3,(H,14,15). The van der Waals surface area contributed by atoms with Crippen LogP contribution in [0.4, 0.5) is 0 Å². The summed E-state index contributed by atoms with van der Waals surface area (Å²) in [6.45, 7) is 14.9. The van der Waals surface area contributed by atoms with E-state index in [1.165, 1.54) is 0 Å². The maximum atomic E-state index is 11.6. The summed E-state index contributed by atoms with van der Waals surface area (Å²) < 4.78 is 0. The number of rotatable bonds is 3. The normalized spacial score (nSPS) is 14.9. The largest absolute Gasteiger partial charge is 0.352 e. The molecular formula is C12H26N2O. The molecule has 2 N–H and O–H groups in total. The molecule has 3 heteroatoms. The Morgan fingerprint density at radius 1 is 1.13 bits per heavy atom. The van der Waals surface area contributed by atoms with Gasteiger partial charge in [0.1, 0.15) is 0 Å². The fourth-order valence-corrected chi connectivity index (χ4v) is 0.854. The summed E-state index contributed by atoms with van der Waals surface area (Å²) in [5.74, 6) is 0.0624. The van der Waals surface area contributed by atoms with E-state index in [1.807, 2.05) is 27.7 Å². The molecule has 90 valence electrons. The van der Waals surface area contributed by atoms with Crippen molar-refractivity contribution in [1.29, 1.82) is 0 Å². The van der Waals surface area contributed by atoms with Crippen LogP contribution in [0.1, 0.15) is 48.5 Å². The fourth-order valence-electron chi connectivity index (χ4n) is 0.854. The third kappa shape index (κ3) is 7.37. The van der Waals surface area contributed by atoms with Crippen molar-refractivity contribution in [2.75, 3.05) is 6.54 Å². The Hall–Kier alpha value is -0.570. The number of carbonyl (C=O) groups is 1. The molecule has 1 unspecified atom stereocenters. The molecule has 0 bridgehead atoms. The van der Waals surface area contributed by atoms with E-state index in [1.54, 1.807) is 0 Å². The van der Waals surface area contributed by atoms with E-state index in [9.17, 15) is 4.79 Å². The highest BCUT2D eigenvalue weighted by molar-refractivity contribution is 5.78. The molecule has 0 spiro atoms. The molecule has 0 aliphatic rings. The number of amides is 1. The molecule has 15 heavy (non-hydrogen) atoms. The molecule has 0 radical (unpaired) electrons. The van der Waals surface area contributed by atoms with Crippen LogP contribution >= 0.6 is 0 Å². The van der Waals surface area contributed by atoms with Gasteiger partial charge in [-0.05, 0) is 33.1 Å². The lowest BCUT2D eigenvalue weighted by Crippen LogP contribution is -2.48. The summed E-state index contributed by atoms with van der Waals surface area (Å²) in [4.78, 5) is 11.6. The molecule has 0 aromatic heterocycles. The van der Waals surface area contributed by atoms with Gasteiger partial charge in [-0.2, -0.15) is 0 Å². The summed E-state index contributed by atoms with van der Waals surface area (Å²) in [5.41, 5.74) is 0.0969. The average molecular weight is 214 g/mol. The molecule has 3 nitrogen and oxygen atoms in total. The van der Waals surface area contributed by atoms with E-state index in [-0.39, 0.29) is 22.9 Å². The molecule has 0 aromatic rings. The van der Waals surface area contributed by atoms with Gasteiger partial charge in [-0.15, -0.1) is 0 Å². The first-order valence-corrected chi connectivity index (χ1v) is 5.57. The number of hydrogen-bond donors (Lipinski definition) is 2. The van der Waals surface area contributed by atoms with Crippen LogP contribution in [-0.2, 0) is 4.79 Å². The molecular weight excluding hydrogens is 188 g/mol. The van der Waals surface area contributed by atoms with E-state index >= 15 is 0 Å². The maximum Gasteiger partial charge on any atom is 0.234 e. The first kappa shape index (κ1) is 14.4. The Bertz CT molecular complexity index is 211. The zero-order valence-corrected chi connectivity index (χ0v) is 11.2. The maximum absolute atomic E-state index is 11.6. The van der Waals surface area contributed by atoms with Crippen LogP contribution in [0.2, 0.25) is 0 Å². The molecule has 0 aliphatic carbocycles. The molecule has 0 aliphatic heterocycles. The Morgan fingerprint density at radius 3 is 1.93 bits per heavy atom. The summed E-state index contributed by atoms with van der Waals surface area (Å²) in [6.07, 6.45) is 0. The van der Waals surface area contributed by atoms with Crippen molar-refractivity contribution in [2.45, 2.75) is 60.0 Å². The van der Waals surface area contributed by atoms with E-state index in [0.29, 0.717) is 6.54 Å². The van der Waals surface area contributed by atoms with E-state index < -0.39 is 0 Å². The molecule has 0 heterocycles.